The number of aryl methyl sites for hydroxylation is 2. The summed E-state index contributed by atoms with van der Waals surface area (Å²) in [5.74, 6) is -0.246. The Bertz CT molecular complexity index is 985. The van der Waals surface area contributed by atoms with Crippen LogP contribution in [-0.2, 0) is 19.6 Å². The monoisotopic (exact) mass is 417 g/mol. The molecule has 1 fully saturated rings. The summed E-state index contributed by atoms with van der Waals surface area (Å²) in [5, 5.41) is 5.97. The summed E-state index contributed by atoms with van der Waals surface area (Å²) in [7, 11) is -3.61. The van der Waals surface area contributed by atoms with Crippen LogP contribution in [0.25, 0.3) is 0 Å². The van der Waals surface area contributed by atoms with Crippen LogP contribution in [0.1, 0.15) is 18.1 Å². The van der Waals surface area contributed by atoms with E-state index in [1.165, 1.54) is 22.0 Å². The first-order chi connectivity index (χ1) is 13.8. The van der Waals surface area contributed by atoms with Gasteiger partial charge in [-0.1, -0.05) is 12.1 Å². The number of amides is 1. The highest BCUT2D eigenvalue weighted by atomic mass is 32.2. The lowest BCUT2D eigenvalue weighted by Gasteiger charge is -2.26. The van der Waals surface area contributed by atoms with Gasteiger partial charge in [-0.15, -0.1) is 0 Å². The molecule has 0 unspecified atom stereocenters. The van der Waals surface area contributed by atoms with Crippen LogP contribution in [0.5, 0.6) is 0 Å². The molecule has 156 valence electrons. The summed E-state index contributed by atoms with van der Waals surface area (Å²) in [6.07, 6.45) is 0. The minimum atomic E-state index is -3.61. The molecule has 0 radical (unpaired) electrons. The standard InChI is InChI=1S/C21H27N3O4S/c1-15-7-8-19(13-16(15)2)22-17(3)21(25)23-18-5-4-6-20(14-18)29(26,27)24-9-11-28-12-10-24/h4-8,13-14,17,22H,9-12H2,1-3H3,(H,23,25)/t17-/m0/s1. The second-order valence-electron chi connectivity index (χ2n) is 7.20. The Morgan fingerprint density at radius 2 is 1.76 bits per heavy atom. The predicted octanol–water partition coefficient (Wildman–Crippen LogP) is 2.76. The van der Waals surface area contributed by atoms with Crippen LogP contribution in [-0.4, -0.2) is 51.0 Å². The number of hydrogen-bond acceptors (Lipinski definition) is 5. The zero-order valence-corrected chi connectivity index (χ0v) is 17.8. The number of carbonyl (C=O) groups is 1. The maximum atomic E-state index is 12.8. The van der Waals surface area contributed by atoms with Gasteiger partial charge in [0.05, 0.1) is 18.1 Å². The molecule has 0 saturated carbocycles. The maximum absolute atomic E-state index is 12.8. The van der Waals surface area contributed by atoms with Crippen LogP contribution in [0.2, 0.25) is 0 Å². The smallest absolute Gasteiger partial charge is 0.246 e. The fourth-order valence-corrected chi connectivity index (χ4v) is 4.52. The SMILES string of the molecule is Cc1ccc(N[C@@H](C)C(=O)Nc2cccc(S(=O)(=O)N3CCOCC3)c2)cc1C. The molecule has 1 saturated heterocycles. The van der Waals surface area contributed by atoms with E-state index in [0.717, 1.165) is 11.3 Å². The quantitative estimate of drug-likeness (QED) is 0.755. The van der Waals surface area contributed by atoms with E-state index < -0.39 is 16.1 Å². The molecule has 8 heteroatoms. The Kier molecular flexibility index (Phi) is 6.56. The lowest BCUT2D eigenvalue weighted by atomic mass is 10.1. The van der Waals surface area contributed by atoms with E-state index >= 15 is 0 Å². The molecular formula is C21H27N3O4S. The van der Waals surface area contributed by atoms with Gasteiger partial charge in [0.25, 0.3) is 0 Å². The third kappa shape index (κ3) is 5.14. The van der Waals surface area contributed by atoms with Gasteiger partial charge in [0.2, 0.25) is 15.9 Å². The number of nitrogens with one attached hydrogen (secondary N) is 2. The molecule has 2 aromatic rings. The van der Waals surface area contributed by atoms with Crippen molar-refractivity contribution in [1.29, 1.82) is 0 Å². The third-order valence-electron chi connectivity index (χ3n) is 4.99. The second-order valence-corrected chi connectivity index (χ2v) is 9.14. The number of rotatable bonds is 6. The summed E-state index contributed by atoms with van der Waals surface area (Å²) in [5.41, 5.74) is 3.63. The molecule has 7 nitrogen and oxygen atoms in total. The number of nitrogens with zero attached hydrogens (tertiary/aromatic N) is 1. The lowest BCUT2D eigenvalue weighted by Crippen LogP contribution is -2.40. The lowest BCUT2D eigenvalue weighted by molar-refractivity contribution is -0.116. The van der Waals surface area contributed by atoms with Gasteiger partial charge in [0, 0.05) is 24.5 Å². The zero-order valence-electron chi connectivity index (χ0n) is 16.9. The number of morpholine rings is 1. The molecule has 1 heterocycles. The van der Waals surface area contributed by atoms with Gasteiger partial charge < -0.3 is 15.4 Å². The van der Waals surface area contributed by atoms with E-state index in [1.807, 2.05) is 32.0 Å². The number of carbonyl (C=O) groups excluding carboxylic acids is 1. The van der Waals surface area contributed by atoms with Crippen LogP contribution >= 0.6 is 0 Å². The predicted molar refractivity (Wildman–Crippen MR) is 114 cm³/mol. The number of anilines is 2. The number of benzene rings is 2. The highest BCUT2D eigenvalue weighted by Gasteiger charge is 2.26. The van der Waals surface area contributed by atoms with E-state index in [2.05, 4.69) is 10.6 Å². The van der Waals surface area contributed by atoms with E-state index in [1.54, 1.807) is 19.1 Å². The minimum Gasteiger partial charge on any atom is -0.379 e. The Morgan fingerprint density at radius 1 is 1.03 bits per heavy atom. The molecule has 1 atom stereocenters. The fraction of sp³-hybridized carbons (Fsp3) is 0.381. The third-order valence-corrected chi connectivity index (χ3v) is 6.89. The summed E-state index contributed by atoms with van der Waals surface area (Å²) in [6.45, 7) is 7.25. The van der Waals surface area contributed by atoms with Crippen LogP contribution in [0.4, 0.5) is 11.4 Å². The van der Waals surface area contributed by atoms with E-state index in [4.69, 9.17) is 4.74 Å². The molecule has 3 rings (SSSR count). The molecule has 0 spiro atoms. The highest BCUT2D eigenvalue weighted by Crippen LogP contribution is 2.21. The summed E-state index contributed by atoms with van der Waals surface area (Å²) in [6, 6.07) is 11.8. The van der Waals surface area contributed by atoms with Gasteiger partial charge in [-0.25, -0.2) is 8.42 Å². The van der Waals surface area contributed by atoms with Gasteiger partial charge >= 0.3 is 0 Å². The van der Waals surface area contributed by atoms with Crippen LogP contribution < -0.4 is 10.6 Å². The Balaban J connectivity index is 1.68. The molecule has 0 bridgehead atoms. The average Bonchev–Trinajstić information content (AvgIpc) is 2.71. The molecule has 29 heavy (non-hydrogen) atoms. The Morgan fingerprint density at radius 3 is 2.45 bits per heavy atom. The highest BCUT2D eigenvalue weighted by molar-refractivity contribution is 7.89. The number of hydrogen-bond donors (Lipinski definition) is 2. The molecular weight excluding hydrogens is 390 g/mol. The van der Waals surface area contributed by atoms with Gasteiger partial charge in [-0.05, 0) is 62.2 Å². The summed E-state index contributed by atoms with van der Waals surface area (Å²) in [4.78, 5) is 12.7. The molecule has 1 aliphatic heterocycles. The minimum absolute atomic E-state index is 0.159. The first-order valence-electron chi connectivity index (χ1n) is 9.60. The van der Waals surface area contributed by atoms with Crippen molar-refractivity contribution in [3.05, 3.63) is 53.6 Å². The van der Waals surface area contributed by atoms with Crippen LogP contribution in [0.3, 0.4) is 0 Å². The number of ether oxygens (including phenoxy) is 1. The molecule has 1 aliphatic rings. The summed E-state index contributed by atoms with van der Waals surface area (Å²) < 4.78 is 32.2. The van der Waals surface area contributed by atoms with Gasteiger partial charge in [-0.2, -0.15) is 4.31 Å². The molecule has 1 amide bonds. The van der Waals surface area contributed by atoms with Crippen molar-refractivity contribution in [2.75, 3.05) is 36.9 Å². The fourth-order valence-electron chi connectivity index (χ4n) is 3.07. The number of sulfonamides is 1. The van der Waals surface area contributed by atoms with Crippen molar-refractivity contribution < 1.29 is 17.9 Å². The van der Waals surface area contributed by atoms with E-state index in [-0.39, 0.29) is 10.8 Å². The largest absolute Gasteiger partial charge is 0.379 e. The van der Waals surface area contributed by atoms with E-state index in [9.17, 15) is 13.2 Å². The van der Waals surface area contributed by atoms with Crippen LogP contribution in [0, 0.1) is 13.8 Å². The molecule has 2 N–H and O–H groups in total. The van der Waals surface area contributed by atoms with Gasteiger partial charge in [0.15, 0.2) is 0 Å². The normalized spacial score (nSPS) is 16.2. The summed E-state index contributed by atoms with van der Waals surface area (Å²) >= 11 is 0. The topological polar surface area (TPSA) is 87.7 Å². The molecule has 0 aromatic heterocycles. The first-order valence-corrected chi connectivity index (χ1v) is 11.0. The van der Waals surface area contributed by atoms with Crippen molar-refractivity contribution in [3.8, 4) is 0 Å². The Labute approximate surface area is 172 Å². The second kappa shape index (κ2) is 8.94. The Hall–Kier alpha value is -2.42. The maximum Gasteiger partial charge on any atom is 0.246 e. The van der Waals surface area contributed by atoms with Crippen molar-refractivity contribution in [2.24, 2.45) is 0 Å². The molecule has 0 aliphatic carbocycles. The molecule has 2 aromatic carbocycles. The van der Waals surface area contributed by atoms with Gasteiger partial charge in [0.1, 0.15) is 6.04 Å². The van der Waals surface area contributed by atoms with E-state index in [0.29, 0.717) is 32.0 Å². The van der Waals surface area contributed by atoms with Crippen molar-refractivity contribution in [2.45, 2.75) is 31.7 Å². The average molecular weight is 418 g/mol. The zero-order chi connectivity index (χ0) is 21.0. The van der Waals surface area contributed by atoms with Crippen molar-refractivity contribution in [3.63, 3.8) is 0 Å². The van der Waals surface area contributed by atoms with Gasteiger partial charge in [-0.3, -0.25) is 4.79 Å². The first kappa shape index (κ1) is 21.3. The van der Waals surface area contributed by atoms with Crippen molar-refractivity contribution in [1.82, 2.24) is 4.31 Å². The van der Waals surface area contributed by atoms with Crippen molar-refractivity contribution >= 4 is 27.3 Å². The van der Waals surface area contributed by atoms with Crippen LogP contribution in [0.15, 0.2) is 47.4 Å².